The fraction of sp³-hybridized carbons (Fsp3) is 0.136. The Morgan fingerprint density at radius 1 is 1.17 bits per heavy atom. The summed E-state index contributed by atoms with van der Waals surface area (Å²) in [4.78, 5) is 31.8. The number of rotatable bonds is 6. The molecule has 0 atom stereocenters. The zero-order valence-corrected chi connectivity index (χ0v) is 16.5. The summed E-state index contributed by atoms with van der Waals surface area (Å²) in [6.45, 7) is 0.652. The lowest BCUT2D eigenvalue weighted by molar-refractivity contribution is 0.0724. The van der Waals surface area contributed by atoms with Gasteiger partial charge in [-0.25, -0.2) is 4.79 Å². The fourth-order valence-electron chi connectivity index (χ4n) is 3.09. The zero-order valence-electron chi connectivity index (χ0n) is 15.7. The number of carbonyl (C=O) groups is 1. The van der Waals surface area contributed by atoms with Gasteiger partial charge in [-0.1, -0.05) is 18.2 Å². The Bertz CT molecular complexity index is 1190. The van der Waals surface area contributed by atoms with Crippen LogP contribution in [-0.4, -0.2) is 22.9 Å². The summed E-state index contributed by atoms with van der Waals surface area (Å²) in [5.74, 6) is 0.0440. The number of para-hydroxylation sites is 1. The quantitative estimate of drug-likeness (QED) is 0.451. The molecule has 3 aromatic heterocycles. The van der Waals surface area contributed by atoms with Crippen LogP contribution >= 0.6 is 11.3 Å². The van der Waals surface area contributed by atoms with Crippen molar-refractivity contribution < 1.29 is 13.9 Å². The summed E-state index contributed by atoms with van der Waals surface area (Å²) >= 11 is 1.56. The molecule has 4 rings (SSSR count). The lowest BCUT2D eigenvalue weighted by atomic mass is 10.1. The van der Waals surface area contributed by atoms with Crippen molar-refractivity contribution in [1.29, 1.82) is 0 Å². The number of thiophene rings is 1. The summed E-state index contributed by atoms with van der Waals surface area (Å²) in [5, 5.41) is 4.56. The standard InChI is InChI=1S/C22H18N2O4S/c1-27-19-7-4-5-16-11-18(22(26)28-20(16)19)21(25)24(12-15-8-10-29-14-15)13-17-6-2-3-9-23-17/h2-11,14H,12-13H2,1H3. The van der Waals surface area contributed by atoms with Gasteiger partial charge in [-0.3, -0.25) is 9.78 Å². The number of fused-ring (bicyclic) bond motifs is 1. The molecule has 1 aromatic carbocycles. The lowest BCUT2D eigenvalue weighted by Crippen LogP contribution is -2.33. The maximum Gasteiger partial charge on any atom is 0.349 e. The van der Waals surface area contributed by atoms with E-state index in [0.29, 0.717) is 23.3 Å². The van der Waals surface area contributed by atoms with Gasteiger partial charge in [0, 0.05) is 18.1 Å². The van der Waals surface area contributed by atoms with Gasteiger partial charge in [0.2, 0.25) is 0 Å². The number of methoxy groups -OCH3 is 1. The van der Waals surface area contributed by atoms with Crippen molar-refractivity contribution in [3.05, 3.63) is 92.7 Å². The average molecular weight is 406 g/mol. The Morgan fingerprint density at radius 2 is 2.07 bits per heavy atom. The first-order valence-electron chi connectivity index (χ1n) is 8.97. The highest BCUT2D eigenvalue weighted by Gasteiger charge is 2.22. The lowest BCUT2D eigenvalue weighted by Gasteiger charge is -2.22. The van der Waals surface area contributed by atoms with Gasteiger partial charge >= 0.3 is 5.63 Å². The maximum absolute atomic E-state index is 13.3. The number of benzene rings is 1. The van der Waals surface area contributed by atoms with E-state index in [4.69, 9.17) is 9.15 Å². The van der Waals surface area contributed by atoms with Crippen molar-refractivity contribution in [3.63, 3.8) is 0 Å². The molecule has 146 valence electrons. The van der Waals surface area contributed by atoms with Crippen LogP contribution in [0.1, 0.15) is 21.6 Å². The smallest absolute Gasteiger partial charge is 0.349 e. The minimum absolute atomic E-state index is 0.0167. The molecule has 3 heterocycles. The molecule has 29 heavy (non-hydrogen) atoms. The molecule has 0 fully saturated rings. The van der Waals surface area contributed by atoms with E-state index in [9.17, 15) is 9.59 Å². The monoisotopic (exact) mass is 406 g/mol. The fourth-order valence-corrected chi connectivity index (χ4v) is 3.75. The van der Waals surface area contributed by atoms with Crippen molar-refractivity contribution >= 4 is 28.2 Å². The van der Waals surface area contributed by atoms with Gasteiger partial charge < -0.3 is 14.1 Å². The number of hydrogen-bond donors (Lipinski definition) is 0. The van der Waals surface area contributed by atoms with Crippen LogP contribution in [0, 0.1) is 0 Å². The highest BCUT2D eigenvalue weighted by molar-refractivity contribution is 7.07. The van der Waals surface area contributed by atoms with E-state index in [1.54, 1.807) is 46.7 Å². The van der Waals surface area contributed by atoms with Gasteiger partial charge in [-0.2, -0.15) is 11.3 Å². The minimum Gasteiger partial charge on any atom is -0.493 e. The molecule has 0 radical (unpaired) electrons. The third kappa shape index (κ3) is 4.05. The summed E-state index contributed by atoms with van der Waals surface area (Å²) < 4.78 is 10.7. The van der Waals surface area contributed by atoms with Crippen LogP contribution in [0.25, 0.3) is 11.0 Å². The molecule has 1 amide bonds. The minimum atomic E-state index is -0.691. The van der Waals surface area contributed by atoms with Crippen molar-refractivity contribution in [1.82, 2.24) is 9.88 Å². The number of nitrogens with zero attached hydrogens (tertiary/aromatic N) is 2. The SMILES string of the molecule is COc1cccc2cc(C(=O)N(Cc3ccsc3)Cc3ccccn3)c(=O)oc12. The van der Waals surface area contributed by atoms with Gasteiger partial charge in [-0.05, 0) is 46.7 Å². The molecular weight excluding hydrogens is 388 g/mol. The molecule has 0 spiro atoms. The zero-order chi connectivity index (χ0) is 20.2. The van der Waals surface area contributed by atoms with E-state index < -0.39 is 11.5 Å². The number of ether oxygens (including phenoxy) is 1. The van der Waals surface area contributed by atoms with Gasteiger partial charge in [0.25, 0.3) is 5.91 Å². The number of amides is 1. The molecule has 6 nitrogen and oxygen atoms in total. The van der Waals surface area contributed by atoms with Crippen LogP contribution in [0.4, 0.5) is 0 Å². The third-order valence-electron chi connectivity index (χ3n) is 4.49. The Kier molecular flexibility index (Phi) is 5.39. The Morgan fingerprint density at radius 3 is 2.79 bits per heavy atom. The number of pyridine rings is 1. The first-order valence-corrected chi connectivity index (χ1v) is 9.91. The molecule has 0 aliphatic rings. The van der Waals surface area contributed by atoms with Crippen LogP contribution in [0.15, 0.2) is 74.7 Å². The maximum atomic E-state index is 13.3. The molecule has 0 aliphatic heterocycles. The van der Waals surface area contributed by atoms with Gasteiger partial charge in [0.1, 0.15) is 5.56 Å². The Hall–Kier alpha value is -3.45. The summed E-state index contributed by atoms with van der Waals surface area (Å²) in [5.41, 5.74) is 1.35. The second-order valence-electron chi connectivity index (χ2n) is 6.44. The van der Waals surface area contributed by atoms with E-state index in [2.05, 4.69) is 4.98 Å². The molecule has 0 saturated heterocycles. The third-order valence-corrected chi connectivity index (χ3v) is 5.23. The molecule has 0 saturated carbocycles. The average Bonchev–Trinajstić information content (AvgIpc) is 3.26. The van der Waals surface area contributed by atoms with E-state index in [1.807, 2.05) is 35.0 Å². The predicted octanol–water partition coefficient (Wildman–Crippen LogP) is 4.10. The van der Waals surface area contributed by atoms with Crippen LogP contribution in [0.5, 0.6) is 5.75 Å². The van der Waals surface area contributed by atoms with Crippen LogP contribution in [0.2, 0.25) is 0 Å². The highest BCUT2D eigenvalue weighted by atomic mass is 32.1. The van der Waals surface area contributed by atoms with Gasteiger partial charge in [0.05, 0.1) is 19.3 Å². The van der Waals surface area contributed by atoms with Gasteiger partial charge in [0.15, 0.2) is 11.3 Å². The van der Waals surface area contributed by atoms with Crippen molar-refractivity contribution in [3.8, 4) is 5.75 Å². The summed E-state index contributed by atoms with van der Waals surface area (Å²) in [6.07, 6.45) is 1.68. The Labute approximate surface area is 171 Å². The highest BCUT2D eigenvalue weighted by Crippen LogP contribution is 2.25. The van der Waals surface area contributed by atoms with Gasteiger partial charge in [-0.15, -0.1) is 0 Å². The van der Waals surface area contributed by atoms with Crippen LogP contribution in [-0.2, 0) is 13.1 Å². The van der Waals surface area contributed by atoms with E-state index in [-0.39, 0.29) is 12.1 Å². The molecule has 4 aromatic rings. The first-order chi connectivity index (χ1) is 14.2. The first kappa shape index (κ1) is 18.9. The van der Waals surface area contributed by atoms with E-state index in [1.165, 1.54) is 7.11 Å². The molecule has 0 unspecified atom stereocenters. The molecular formula is C22H18N2O4S. The summed E-state index contributed by atoms with van der Waals surface area (Å²) in [7, 11) is 1.50. The van der Waals surface area contributed by atoms with Crippen molar-refractivity contribution in [2.45, 2.75) is 13.1 Å². The normalized spacial score (nSPS) is 10.8. The Balaban J connectivity index is 1.73. The predicted molar refractivity (Wildman–Crippen MR) is 111 cm³/mol. The van der Waals surface area contributed by atoms with Crippen molar-refractivity contribution in [2.24, 2.45) is 0 Å². The second-order valence-corrected chi connectivity index (χ2v) is 7.22. The molecule has 0 aliphatic carbocycles. The number of hydrogen-bond acceptors (Lipinski definition) is 6. The topological polar surface area (TPSA) is 72.6 Å². The van der Waals surface area contributed by atoms with Crippen LogP contribution in [0.3, 0.4) is 0 Å². The molecule has 7 heteroatoms. The molecule has 0 N–H and O–H groups in total. The largest absolute Gasteiger partial charge is 0.493 e. The molecule has 0 bridgehead atoms. The summed E-state index contributed by atoms with van der Waals surface area (Å²) in [6, 6.07) is 14.3. The number of aromatic nitrogens is 1. The van der Waals surface area contributed by atoms with E-state index in [0.717, 1.165) is 11.3 Å². The van der Waals surface area contributed by atoms with E-state index >= 15 is 0 Å². The second kappa shape index (κ2) is 8.28. The van der Waals surface area contributed by atoms with Crippen LogP contribution < -0.4 is 10.4 Å². The number of carbonyl (C=O) groups excluding carboxylic acids is 1. The van der Waals surface area contributed by atoms with Crippen molar-refractivity contribution in [2.75, 3.05) is 7.11 Å².